The molecule has 2 fully saturated rings. The van der Waals surface area contributed by atoms with Crippen molar-refractivity contribution in [3.63, 3.8) is 0 Å². The second-order valence-electron chi connectivity index (χ2n) is 6.83. The van der Waals surface area contributed by atoms with Crippen LogP contribution >= 0.6 is 0 Å². The van der Waals surface area contributed by atoms with Gasteiger partial charge in [-0.3, -0.25) is 9.59 Å². The number of hydrogen-bond donors (Lipinski definition) is 1. The number of carbonyl (C=O) groups excluding carboxylic acids is 2. The minimum Gasteiger partial charge on any atom is -0.333 e. The van der Waals surface area contributed by atoms with Crippen LogP contribution in [0, 0.1) is 12.8 Å². The number of hydrogen-bond acceptors (Lipinski definition) is 2. The summed E-state index contributed by atoms with van der Waals surface area (Å²) in [4.78, 5) is 26.3. The van der Waals surface area contributed by atoms with Crippen molar-refractivity contribution in [1.29, 1.82) is 0 Å². The summed E-state index contributed by atoms with van der Waals surface area (Å²) in [6, 6.07) is 7.84. The Bertz CT molecular complexity index is 567. The molecular weight excluding hydrogens is 276 g/mol. The van der Waals surface area contributed by atoms with E-state index in [9.17, 15) is 9.59 Å². The summed E-state index contributed by atoms with van der Waals surface area (Å²) in [5.41, 5.74) is 1.83. The van der Waals surface area contributed by atoms with E-state index in [-0.39, 0.29) is 17.9 Å². The Labute approximate surface area is 131 Å². The molecule has 1 aliphatic heterocycles. The molecule has 2 N–H and O–H groups in total. The molecule has 2 aliphatic rings. The first-order valence-electron chi connectivity index (χ1n) is 8.34. The molecule has 0 radical (unpaired) electrons. The first kappa shape index (κ1) is 15.2. The highest BCUT2D eigenvalue weighted by molar-refractivity contribution is 6.21. The van der Waals surface area contributed by atoms with E-state index in [1.54, 1.807) is 0 Å². The molecule has 1 aromatic carbocycles. The number of nitrogens with zero attached hydrogens (tertiary/aromatic N) is 1. The maximum absolute atomic E-state index is 12.7. The molecule has 0 spiro atoms. The van der Waals surface area contributed by atoms with Crippen molar-refractivity contribution >= 4 is 17.5 Å². The van der Waals surface area contributed by atoms with Crippen LogP contribution in [-0.4, -0.2) is 23.9 Å². The predicted molar refractivity (Wildman–Crippen MR) is 85.4 cm³/mol. The molecule has 1 saturated heterocycles. The average Bonchev–Trinajstić information content (AvgIpc) is 2.77. The molecule has 1 heterocycles. The van der Waals surface area contributed by atoms with Gasteiger partial charge in [-0.25, -0.2) is 4.90 Å². The zero-order chi connectivity index (χ0) is 15.7. The van der Waals surface area contributed by atoms with Crippen molar-refractivity contribution in [2.75, 3.05) is 4.90 Å². The van der Waals surface area contributed by atoms with Crippen molar-refractivity contribution in [2.24, 2.45) is 5.92 Å². The van der Waals surface area contributed by atoms with Gasteiger partial charge in [0.1, 0.15) is 0 Å². The Kier molecular flexibility index (Phi) is 4.30. The van der Waals surface area contributed by atoms with Gasteiger partial charge in [0.05, 0.1) is 18.2 Å². The summed E-state index contributed by atoms with van der Waals surface area (Å²) in [6.45, 7) is 4.26. The quantitative estimate of drug-likeness (QED) is 0.865. The number of carbonyl (C=O) groups is 2. The Morgan fingerprint density at radius 1 is 1.09 bits per heavy atom. The highest BCUT2D eigenvalue weighted by Gasteiger charge is 2.44. The van der Waals surface area contributed by atoms with Gasteiger partial charge in [-0.1, -0.05) is 31.0 Å². The molecule has 2 amide bonds. The molecule has 1 aromatic rings. The van der Waals surface area contributed by atoms with Gasteiger partial charge in [0.15, 0.2) is 6.04 Å². The molecule has 3 rings (SSSR count). The monoisotopic (exact) mass is 301 g/mol. The third kappa shape index (κ3) is 2.93. The van der Waals surface area contributed by atoms with Crippen molar-refractivity contribution < 1.29 is 14.9 Å². The van der Waals surface area contributed by atoms with Gasteiger partial charge in [-0.15, -0.1) is 0 Å². The van der Waals surface area contributed by atoms with Crippen LogP contribution in [0.25, 0.3) is 0 Å². The molecule has 118 valence electrons. The van der Waals surface area contributed by atoms with Crippen LogP contribution in [0.1, 0.15) is 44.6 Å². The second-order valence-corrected chi connectivity index (χ2v) is 6.83. The van der Waals surface area contributed by atoms with Crippen LogP contribution in [-0.2, 0) is 9.59 Å². The molecule has 0 aromatic heterocycles. The first-order valence-corrected chi connectivity index (χ1v) is 8.34. The average molecular weight is 301 g/mol. The zero-order valence-electron chi connectivity index (χ0n) is 13.4. The Balaban J connectivity index is 1.72. The Morgan fingerprint density at radius 2 is 1.77 bits per heavy atom. The summed E-state index contributed by atoms with van der Waals surface area (Å²) in [5, 5.41) is 2.16. The van der Waals surface area contributed by atoms with Gasteiger partial charge < -0.3 is 5.32 Å². The molecule has 22 heavy (non-hydrogen) atoms. The Morgan fingerprint density at radius 3 is 2.45 bits per heavy atom. The van der Waals surface area contributed by atoms with Crippen LogP contribution in [0.3, 0.4) is 0 Å². The molecular formula is C18H25N2O2+. The molecule has 1 aliphatic carbocycles. The number of rotatable bonds is 3. The summed E-state index contributed by atoms with van der Waals surface area (Å²) in [6.07, 6.45) is 5.25. The highest BCUT2D eigenvalue weighted by Crippen LogP contribution is 2.24. The van der Waals surface area contributed by atoms with Gasteiger partial charge in [-0.05, 0) is 38.3 Å². The van der Waals surface area contributed by atoms with Gasteiger partial charge in [0, 0.05) is 5.92 Å². The van der Waals surface area contributed by atoms with E-state index >= 15 is 0 Å². The van der Waals surface area contributed by atoms with Crippen molar-refractivity contribution in [3.8, 4) is 0 Å². The van der Waals surface area contributed by atoms with Crippen LogP contribution in [0.15, 0.2) is 24.3 Å². The first-order chi connectivity index (χ1) is 10.6. The van der Waals surface area contributed by atoms with Crippen LogP contribution in [0.2, 0.25) is 0 Å². The number of benzene rings is 1. The lowest BCUT2D eigenvalue weighted by molar-refractivity contribution is -0.715. The lowest BCUT2D eigenvalue weighted by Gasteiger charge is -2.28. The number of nitrogens with two attached hydrogens (primary N) is 1. The lowest BCUT2D eigenvalue weighted by atomic mass is 9.85. The van der Waals surface area contributed by atoms with Crippen LogP contribution in [0.4, 0.5) is 5.69 Å². The van der Waals surface area contributed by atoms with Crippen LogP contribution < -0.4 is 10.2 Å². The van der Waals surface area contributed by atoms with Gasteiger partial charge in [-0.2, -0.15) is 0 Å². The third-order valence-corrected chi connectivity index (χ3v) is 5.13. The fourth-order valence-electron chi connectivity index (χ4n) is 3.70. The lowest BCUT2D eigenvalue weighted by Crippen LogP contribution is -2.97. The largest absolute Gasteiger partial charge is 0.333 e. The molecule has 3 atom stereocenters. The maximum Gasteiger partial charge on any atom is 0.292 e. The standard InChI is InChI=1S/C18H24N2O2/c1-12-7-9-14(10-8-12)20-17(21)11-16(18(20)22)19-15-6-4-3-5-13(15)2/h7-10,13,15-16,19H,3-6,11H2,1-2H3/p+1/t13-,15-,16-/m1/s1. The fraction of sp³-hybridized carbons (Fsp3) is 0.556. The molecule has 4 heteroatoms. The third-order valence-electron chi connectivity index (χ3n) is 5.13. The minimum atomic E-state index is -0.237. The highest BCUT2D eigenvalue weighted by atomic mass is 16.2. The minimum absolute atomic E-state index is 0.0494. The van der Waals surface area contributed by atoms with Crippen molar-refractivity contribution in [1.82, 2.24) is 0 Å². The summed E-state index contributed by atoms with van der Waals surface area (Å²) >= 11 is 0. The van der Waals surface area contributed by atoms with E-state index in [1.807, 2.05) is 31.2 Å². The Hall–Kier alpha value is -1.68. The van der Waals surface area contributed by atoms with E-state index in [0.717, 1.165) is 12.0 Å². The van der Waals surface area contributed by atoms with E-state index in [1.165, 1.54) is 24.2 Å². The van der Waals surface area contributed by atoms with E-state index < -0.39 is 0 Å². The zero-order valence-corrected chi connectivity index (χ0v) is 13.4. The smallest absolute Gasteiger partial charge is 0.292 e. The number of amides is 2. The van der Waals surface area contributed by atoms with Gasteiger partial charge >= 0.3 is 0 Å². The molecule has 0 unspecified atom stereocenters. The SMILES string of the molecule is Cc1ccc(N2C(=O)C[C@@H]([NH2+][C@@H]3CCCC[C@H]3C)C2=O)cc1. The number of imide groups is 1. The van der Waals surface area contributed by atoms with Crippen molar-refractivity contribution in [3.05, 3.63) is 29.8 Å². The van der Waals surface area contributed by atoms with Crippen LogP contribution in [0.5, 0.6) is 0 Å². The fourth-order valence-corrected chi connectivity index (χ4v) is 3.70. The topological polar surface area (TPSA) is 54.0 Å². The number of anilines is 1. The van der Waals surface area contributed by atoms with E-state index in [2.05, 4.69) is 12.2 Å². The number of quaternary nitrogens is 1. The summed E-state index contributed by atoms with van der Waals surface area (Å²) in [5.74, 6) is 0.510. The van der Waals surface area contributed by atoms with E-state index in [4.69, 9.17) is 0 Å². The summed E-state index contributed by atoms with van der Waals surface area (Å²) in [7, 11) is 0. The predicted octanol–water partition coefficient (Wildman–Crippen LogP) is 1.77. The molecule has 4 nitrogen and oxygen atoms in total. The molecule has 0 bridgehead atoms. The van der Waals surface area contributed by atoms with Gasteiger partial charge in [0.2, 0.25) is 5.91 Å². The second kappa shape index (κ2) is 6.21. The summed E-state index contributed by atoms with van der Waals surface area (Å²) < 4.78 is 0. The molecule has 1 saturated carbocycles. The van der Waals surface area contributed by atoms with Crippen molar-refractivity contribution in [2.45, 2.75) is 58.0 Å². The number of aryl methyl sites for hydroxylation is 1. The van der Waals surface area contributed by atoms with E-state index in [0.29, 0.717) is 24.1 Å². The van der Waals surface area contributed by atoms with Gasteiger partial charge in [0.25, 0.3) is 5.91 Å². The normalized spacial score (nSPS) is 29.2. The maximum atomic E-state index is 12.7.